The highest BCUT2D eigenvalue weighted by Gasteiger charge is 2.29. The van der Waals surface area contributed by atoms with Crippen molar-refractivity contribution in [1.82, 2.24) is 15.1 Å². The minimum Gasteiger partial charge on any atom is -0.495 e. The van der Waals surface area contributed by atoms with Crippen molar-refractivity contribution in [3.8, 4) is 5.75 Å². The fraction of sp³-hybridized carbons (Fsp3) is 0.632. The van der Waals surface area contributed by atoms with Gasteiger partial charge in [0.25, 0.3) is 5.91 Å². The molecule has 0 bridgehead atoms. The number of amides is 1. The Morgan fingerprint density at radius 2 is 1.85 bits per heavy atom. The van der Waals surface area contributed by atoms with Crippen molar-refractivity contribution in [2.75, 3.05) is 46.1 Å². The average molecular weight is 364 g/mol. The number of carbonyl (C=O) groups excluding carboxylic acids is 1. The van der Waals surface area contributed by atoms with Crippen LogP contribution in [0.3, 0.4) is 0 Å². The number of hydrogen-bond acceptors (Lipinski definition) is 5. The number of hydrogen-bond donors (Lipinski definition) is 2. The van der Waals surface area contributed by atoms with Crippen molar-refractivity contribution in [3.05, 3.63) is 23.5 Å². The molecule has 0 spiro atoms. The molecule has 144 valence electrons. The summed E-state index contributed by atoms with van der Waals surface area (Å²) in [5.41, 5.74) is 5.85. The van der Waals surface area contributed by atoms with Gasteiger partial charge in [-0.1, -0.05) is 0 Å². The Kier molecular flexibility index (Phi) is 5.98. The second-order valence-corrected chi connectivity index (χ2v) is 7.39. The summed E-state index contributed by atoms with van der Waals surface area (Å²) in [6.07, 6.45) is 4.00. The summed E-state index contributed by atoms with van der Waals surface area (Å²) in [4.78, 5) is 17.4. The fourth-order valence-corrected chi connectivity index (χ4v) is 3.96. The van der Waals surface area contributed by atoms with Gasteiger partial charge in [-0.25, -0.2) is 4.39 Å². The van der Waals surface area contributed by atoms with Crippen LogP contribution in [0.2, 0.25) is 0 Å². The number of likely N-dealkylation sites (N-methyl/N-ethyl adjacent to an activating group) is 1. The Balaban J connectivity index is 1.54. The smallest absolute Gasteiger partial charge is 0.254 e. The molecule has 0 aromatic heterocycles. The minimum absolute atomic E-state index is 0.0164. The maximum absolute atomic E-state index is 14.1. The predicted octanol–water partition coefficient (Wildman–Crippen LogP) is 1.70. The molecule has 2 aliphatic rings. The topological polar surface area (TPSA) is 70.8 Å². The fourth-order valence-electron chi connectivity index (χ4n) is 3.96. The second-order valence-electron chi connectivity index (χ2n) is 7.39. The number of methoxy groups -OCH3 is 1. The van der Waals surface area contributed by atoms with Crippen LogP contribution < -0.4 is 15.8 Å². The molecule has 3 rings (SSSR count). The molecule has 1 saturated heterocycles. The van der Waals surface area contributed by atoms with Crippen molar-refractivity contribution in [1.29, 1.82) is 0 Å². The number of anilines is 1. The zero-order valence-electron chi connectivity index (χ0n) is 15.6. The van der Waals surface area contributed by atoms with Gasteiger partial charge in [-0.05, 0) is 38.8 Å². The summed E-state index contributed by atoms with van der Waals surface area (Å²) >= 11 is 0. The predicted molar refractivity (Wildman–Crippen MR) is 99.9 cm³/mol. The van der Waals surface area contributed by atoms with Crippen LogP contribution in [0.15, 0.2) is 12.1 Å². The first kappa shape index (κ1) is 18.9. The molecule has 1 aliphatic heterocycles. The minimum atomic E-state index is -0.619. The molecule has 7 heteroatoms. The monoisotopic (exact) mass is 364 g/mol. The number of nitrogens with two attached hydrogens (primary N) is 1. The highest BCUT2D eigenvalue weighted by Crippen LogP contribution is 2.27. The number of ether oxygens (including phenoxy) is 1. The first-order chi connectivity index (χ1) is 12.5. The SMILES string of the molecule is COc1cc(C(=O)NC2CCC(N3CCN(C)CC3)CC2)c(F)cc1N. The molecule has 1 saturated carbocycles. The highest BCUT2D eigenvalue weighted by atomic mass is 19.1. The maximum atomic E-state index is 14.1. The van der Waals surface area contributed by atoms with E-state index in [9.17, 15) is 9.18 Å². The van der Waals surface area contributed by atoms with Crippen LogP contribution in [0.25, 0.3) is 0 Å². The molecular formula is C19H29FN4O2. The summed E-state index contributed by atoms with van der Waals surface area (Å²) in [5.74, 6) is -0.703. The standard InChI is InChI=1S/C19H29FN4O2/c1-23-7-9-24(10-8-23)14-5-3-13(4-6-14)22-19(25)15-11-18(26-2)17(21)12-16(15)20/h11-14H,3-10,21H2,1-2H3,(H,22,25). The lowest BCUT2D eigenvalue weighted by molar-refractivity contribution is 0.0789. The maximum Gasteiger partial charge on any atom is 0.254 e. The largest absolute Gasteiger partial charge is 0.495 e. The molecule has 1 heterocycles. The van der Waals surface area contributed by atoms with E-state index in [-0.39, 0.29) is 17.3 Å². The van der Waals surface area contributed by atoms with Crippen molar-refractivity contribution < 1.29 is 13.9 Å². The first-order valence-corrected chi connectivity index (χ1v) is 9.34. The Morgan fingerprint density at radius 1 is 1.19 bits per heavy atom. The Morgan fingerprint density at radius 3 is 2.46 bits per heavy atom. The van der Waals surface area contributed by atoms with Crippen LogP contribution in [-0.2, 0) is 0 Å². The molecule has 0 atom stereocenters. The molecule has 6 nitrogen and oxygen atoms in total. The van der Waals surface area contributed by atoms with Crippen LogP contribution in [-0.4, -0.2) is 68.1 Å². The summed E-state index contributed by atoms with van der Waals surface area (Å²) in [6, 6.07) is 3.20. The van der Waals surface area contributed by atoms with Crippen molar-refractivity contribution >= 4 is 11.6 Å². The van der Waals surface area contributed by atoms with Gasteiger partial charge in [-0.3, -0.25) is 9.69 Å². The number of piperazine rings is 1. The molecule has 1 amide bonds. The average Bonchev–Trinajstić information content (AvgIpc) is 2.63. The van der Waals surface area contributed by atoms with Gasteiger partial charge in [-0.15, -0.1) is 0 Å². The lowest BCUT2D eigenvalue weighted by atomic mass is 9.89. The normalized spacial score (nSPS) is 25.0. The molecule has 3 N–H and O–H groups in total. The lowest BCUT2D eigenvalue weighted by Crippen LogP contribution is -2.51. The van der Waals surface area contributed by atoms with E-state index in [1.54, 1.807) is 0 Å². The molecule has 1 aromatic carbocycles. The Hall–Kier alpha value is -1.86. The number of benzene rings is 1. The lowest BCUT2D eigenvalue weighted by Gasteiger charge is -2.41. The third-order valence-corrected chi connectivity index (χ3v) is 5.65. The van der Waals surface area contributed by atoms with E-state index < -0.39 is 11.7 Å². The van der Waals surface area contributed by atoms with E-state index in [0.717, 1.165) is 57.9 Å². The van der Waals surface area contributed by atoms with Crippen molar-refractivity contribution in [2.45, 2.75) is 37.8 Å². The molecule has 0 radical (unpaired) electrons. The van der Waals surface area contributed by atoms with Crippen LogP contribution in [0.5, 0.6) is 5.75 Å². The van der Waals surface area contributed by atoms with Crippen LogP contribution >= 0.6 is 0 Å². The molecular weight excluding hydrogens is 335 g/mol. The van der Waals surface area contributed by atoms with E-state index in [1.165, 1.54) is 13.2 Å². The van der Waals surface area contributed by atoms with Gasteiger partial charge in [0, 0.05) is 44.3 Å². The summed E-state index contributed by atoms with van der Waals surface area (Å²) in [6.45, 7) is 4.48. The zero-order valence-corrected chi connectivity index (χ0v) is 15.6. The van der Waals surface area contributed by atoms with Gasteiger partial charge in [-0.2, -0.15) is 0 Å². The van der Waals surface area contributed by atoms with Gasteiger partial charge in [0.15, 0.2) is 0 Å². The van der Waals surface area contributed by atoms with Gasteiger partial charge in [0.2, 0.25) is 0 Å². The van der Waals surface area contributed by atoms with E-state index in [2.05, 4.69) is 22.2 Å². The molecule has 1 aromatic rings. The number of nitrogen functional groups attached to an aromatic ring is 1. The van der Waals surface area contributed by atoms with Gasteiger partial charge >= 0.3 is 0 Å². The van der Waals surface area contributed by atoms with Gasteiger partial charge in [0.05, 0.1) is 18.4 Å². The molecule has 0 unspecified atom stereocenters. The van der Waals surface area contributed by atoms with Gasteiger partial charge in [0.1, 0.15) is 11.6 Å². The number of halogens is 1. The third kappa shape index (κ3) is 4.27. The molecule has 1 aliphatic carbocycles. The van der Waals surface area contributed by atoms with E-state index in [1.807, 2.05) is 0 Å². The van der Waals surface area contributed by atoms with Gasteiger partial charge < -0.3 is 20.7 Å². The quantitative estimate of drug-likeness (QED) is 0.796. The number of rotatable bonds is 4. The van der Waals surface area contributed by atoms with E-state index in [0.29, 0.717) is 11.8 Å². The van der Waals surface area contributed by atoms with Crippen molar-refractivity contribution in [2.24, 2.45) is 0 Å². The molecule has 26 heavy (non-hydrogen) atoms. The first-order valence-electron chi connectivity index (χ1n) is 9.34. The van der Waals surface area contributed by atoms with Crippen LogP contribution in [0.1, 0.15) is 36.0 Å². The van der Waals surface area contributed by atoms with Crippen LogP contribution in [0, 0.1) is 5.82 Å². The Bertz CT molecular complexity index is 639. The summed E-state index contributed by atoms with van der Waals surface area (Å²) < 4.78 is 19.2. The summed E-state index contributed by atoms with van der Waals surface area (Å²) in [5, 5.41) is 2.98. The van der Waals surface area contributed by atoms with Crippen LogP contribution in [0.4, 0.5) is 10.1 Å². The zero-order chi connectivity index (χ0) is 18.7. The van der Waals surface area contributed by atoms with E-state index in [4.69, 9.17) is 10.5 Å². The van der Waals surface area contributed by atoms with Crippen molar-refractivity contribution in [3.63, 3.8) is 0 Å². The second kappa shape index (κ2) is 8.22. The highest BCUT2D eigenvalue weighted by molar-refractivity contribution is 5.95. The Labute approximate surface area is 154 Å². The number of carbonyl (C=O) groups is 1. The van der Waals surface area contributed by atoms with E-state index >= 15 is 0 Å². The third-order valence-electron chi connectivity index (χ3n) is 5.65. The number of nitrogens with one attached hydrogen (secondary N) is 1. The summed E-state index contributed by atoms with van der Waals surface area (Å²) in [7, 11) is 3.61. The molecule has 2 fully saturated rings. The number of nitrogens with zero attached hydrogens (tertiary/aromatic N) is 2.